The lowest BCUT2D eigenvalue weighted by molar-refractivity contribution is 0.326. The van der Waals surface area contributed by atoms with Crippen LogP contribution >= 0.6 is 0 Å². The standard InChI is InChI=1S/C15H17N3O2/c19-14-8-11-2-1-7-18(10-12(11)9-15(14)20)17-13-3-5-16-6-4-13/h3-6,8-9,19-20H,1-2,7,10H2,(H,16,17). The van der Waals surface area contributed by atoms with Crippen LogP contribution in [0.1, 0.15) is 17.5 Å². The van der Waals surface area contributed by atoms with Crippen molar-refractivity contribution in [1.82, 2.24) is 9.99 Å². The molecule has 3 rings (SSSR count). The molecule has 5 heteroatoms. The van der Waals surface area contributed by atoms with Gasteiger partial charge in [-0.3, -0.25) is 4.98 Å². The van der Waals surface area contributed by atoms with Crippen LogP contribution in [0.5, 0.6) is 11.5 Å². The van der Waals surface area contributed by atoms with Crippen molar-refractivity contribution in [3.8, 4) is 11.5 Å². The number of nitrogens with zero attached hydrogens (tertiary/aromatic N) is 2. The van der Waals surface area contributed by atoms with Gasteiger partial charge in [0.25, 0.3) is 0 Å². The first-order chi connectivity index (χ1) is 9.72. The number of rotatable bonds is 2. The van der Waals surface area contributed by atoms with E-state index in [0.29, 0.717) is 6.54 Å². The quantitative estimate of drug-likeness (QED) is 0.731. The van der Waals surface area contributed by atoms with Crippen molar-refractivity contribution in [2.75, 3.05) is 12.0 Å². The second kappa shape index (κ2) is 5.38. The number of aromatic nitrogens is 1. The van der Waals surface area contributed by atoms with E-state index in [-0.39, 0.29) is 11.5 Å². The third kappa shape index (κ3) is 2.67. The fourth-order valence-corrected chi connectivity index (χ4v) is 2.49. The number of hydrogen-bond acceptors (Lipinski definition) is 5. The van der Waals surface area contributed by atoms with Gasteiger partial charge in [-0.2, -0.15) is 0 Å². The van der Waals surface area contributed by atoms with E-state index < -0.39 is 0 Å². The normalized spacial score (nSPS) is 15.4. The summed E-state index contributed by atoms with van der Waals surface area (Å²) in [5, 5.41) is 21.3. The molecule has 0 bridgehead atoms. The summed E-state index contributed by atoms with van der Waals surface area (Å²) >= 11 is 0. The van der Waals surface area contributed by atoms with Gasteiger partial charge in [0.05, 0.1) is 5.69 Å². The Morgan fingerprint density at radius 1 is 1.05 bits per heavy atom. The Morgan fingerprint density at radius 3 is 2.50 bits per heavy atom. The molecule has 1 aliphatic rings. The molecule has 1 aromatic carbocycles. The van der Waals surface area contributed by atoms with Gasteiger partial charge in [-0.15, -0.1) is 0 Å². The van der Waals surface area contributed by atoms with Crippen LogP contribution in [0.15, 0.2) is 36.7 Å². The number of hydrazine groups is 1. The van der Waals surface area contributed by atoms with E-state index in [1.807, 2.05) is 12.1 Å². The van der Waals surface area contributed by atoms with Crippen LogP contribution in [0.2, 0.25) is 0 Å². The molecule has 2 aromatic rings. The number of phenolic OH excluding ortho intramolecular Hbond substituents is 2. The highest BCUT2D eigenvalue weighted by Gasteiger charge is 2.16. The molecule has 0 saturated carbocycles. The van der Waals surface area contributed by atoms with Crippen molar-refractivity contribution in [1.29, 1.82) is 0 Å². The van der Waals surface area contributed by atoms with Gasteiger partial charge < -0.3 is 15.6 Å². The number of phenols is 2. The topological polar surface area (TPSA) is 68.6 Å². The average molecular weight is 271 g/mol. The number of aryl methyl sites for hydroxylation is 1. The van der Waals surface area contributed by atoms with Crippen molar-refractivity contribution in [2.24, 2.45) is 0 Å². The zero-order chi connectivity index (χ0) is 13.9. The van der Waals surface area contributed by atoms with Crippen molar-refractivity contribution in [2.45, 2.75) is 19.4 Å². The molecule has 20 heavy (non-hydrogen) atoms. The largest absolute Gasteiger partial charge is 0.504 e. The highest BCUT2D eigenvalue weighted by molar-refractivity contribution is 5.46. The van der Waals surface area contributed by atoms with Crippen LogP contribution in [0.25, 0.3) is 0 Å². The molecular weight excluding hydrogens is 254 g/mol. The molecule has 2 heterocycles. The molecule has 104 valence electrons. The maximum Gasteiger partial charge on any atom is 0.157 e. The van der Waals surface area contributed by atoms with E-state index in [4.69, 9.17) is 0 Å². The third-order valence-electron chi connectivity index (χ3n) is 3.50. The zero-order valence-electron chi connectivity index (χ0n) is 11.1. The van der Waals surface area contributed by atoms with E-state index >= 15 is 0 Å². The van der Waals surface area contributed by atoms with Crippen molar-refractivity contribution in [3.05, 3.63) is 47.8 Å². The minimum absolute atomic E-state index is 0.0423. The van der Waals surface area contributed by atoms with Gasteiger partial charge in [-0.25, -0.2) is 5.01 Å². The third-order valence-corrected chi connectivity index (χ3v) is 3.50. The molecule has 0 aliphatic carbocycles. The molecule has 0 unspecified atom stereocenters. The molecule has 0 saturated heterocycles. The predicted molar refractivity (Wildman–Crippen MR) is 76.4 cm³/mol. The van der Waals surface area contributed by atoms with Gasteiger partial charge in [0, 0.05) is 25.5 Å². The van der Waals surface area contributed by atoms with E-state index in [0.717, 1.165) is 36.2 Å². The smallest absolute Gasteiger partial charge is 0.157 e. The van der Waals surface area contributed by atoms with Crippen LogP contribution in [0.3, 0.4) is 0 Å². The zero-order valence-corrected chi connectivity index (χ0v) is 11.1. The number of pyridine rings is 1. The summed E-state index contributed by atoms with van der Waals surface area (Å²) < 4.78 is 0. The lowest BCUT2D eigenvalue weighted by atomic mass is 10.0. The van der Waals surface area contributed by atoms with Gasteiger partial charge in [-0.05, 0) is 48.2 Å². The summed E-state index contributed by atoms with van der Waals surface area (Å²) in [5.41, 5.74) is 6.47. The van der Waals surface area contributed by atoms with Gasteiger partial charge in [0.2, 0.25) is 0 Å². The Balaban J connectivity index is 1.81. The monoisotopic (exact) mass is 271 g/mol. The second-order valence-corrected chi connectivity index (χ2v) is 4.98. The number of aromatic hydroxyl groups is 2. The summed E-state index contributed by atoms with van der Waals surface area (Å²) in [7, 11) is 0. The maximum absolute atomic E-state index is 9.65. The van der Waals surface area contributed by atoms with Crippen LogP contribution in [0.4, 0.5) is 5.69 Å². The van der Waals surface area contributed by atoms with Gasteiger partial charge in [0.15, 0.2) is 11.5 Å². The SMILES string of the molecule is Oc1cc2c(cc1O)CN(Nc1ccncc1)CCC2. The molecule has 3 N–H and O–H groups in total. The summed E-state index contributed by atoms with van der Waals surface area (Å²) in [6.07, 6.45) is 5.39. The molecular formula is C15H17N3O2. The second-order valence-electron chi connectivity index (χ2n) is 4.98. The minimum atomic E-state index is -0.0606. The highest BCUT2D eigenvalue weighted by atomic mass is 16.3. The fourth-order valence-electron chi connectivity index (χ4n) is 2.49. The van der Waals surface area contributed by atoms with Crippen LogP contribution in [-0.4, -0.2) is 26.8 Å². The van der Waals surface area contributed by atoms with Crippen molar-refractivity contribution in [3.63, 3.8) is 0 Å². The summed E-state index contributed by atoms with van der Waals surface area (Å²) in [5.74, 6) is -0.103. The average Bonchev–Trinajstić information content (AvgIpc) is 2.62. The number of benzene rings is 1. The summed E-state index contributed by atoms with van der Waals surface area (Å²) in [6.45, 7) is 1.59. The van der Waals surface area contributed by atoms with E-state index in [9.17, 15) is 10.2 Å². The van der Waals surface area contributed by atoms with E-state index in [2.05, 4.69) is 15.4 Å². The lowest BCUT2D eigenvalue weighted by Crippen LogP contribution is -2.29. The maximum atomic E-state index is 9.65. The Bertz CT molecular complexity index is 602. The molecule has 0 fully saturated rings. The van der Waals surface area contributed by atoms with Gasteiger partial charge in [0.1, 0.15) is 0 Å². The minimum Gasteiger partial charge on any atom is -0.504 e. The molecule has 0 amide bonds. The van der Waals surface area contributed by atoms with E-state index in [1.165, 1.54) is 0 Å². The fraction of sp³-hybridized carbons (Fsp3) is 0.267. The molecule has 0 radical (unpaired) electrons. The molecule has 0 spiro atoms. The number of nitrogens with one attached hydrogen (secondary N) is 1. The first-order valence-corrected chi connectivity index (χ1v) is 6.68. The number of hydrogen-bond donors (Lipinski definition) is 3. The van der Waals surface area contributed by atoms with Crippen LogP contribution < -0.4 is 5.43 Å². The Kier molecular flexibility index (Phi) is 3.43. The number of fused-ring (bicyclic) bond motifs is 1. The number of anilines is 1. The van der Waals surface area contributed by atoms with E-state index in [1.54, 1.807) is 24.5 Å². The lowest BCUT2D eigenvalue weighted by Gasteiger charge is -2.22. The first-order valence-electron chi connectivity index (χ1n) is 6.68. The first kappa shape index (κ1) is 12.7. The van der Waals surface area contributed by atoms with Crippen LogP contribution in [0, 0.1) is 0 Å². The summed E-state index contributed by atoms with van der Waals surface area (Å²) in [6, 6.07) is 7.15. The van der Waals surface area contributed by atoms with Crippen molar-refractivity contribution < 1.29 is 10.2 Å². The highest BCUT2D eigenvalue weighted by Crippen LogP contribution is 2.31. The predicted octanol–water partition coefficient (Wildman–Crippen LogP) is 2.27. The van der Waals surface area contributed by atoms with Gasteiger partial charge >= 0.3 is 0 Å². The summed E-state index contributed by atoms with van der Waals surface area (Å²) in [4.78, 5) is 3.99. The Hall–Kier alpha value is -2.27. The molecule has 5 nitrogen and oxygen atoms in total. The Morgan fingerprint density at radius 2 is 1.75 bits per heavy atom. The van der Waals surface area contributed by atoms with Gasteiger partial charge in [-0.1, -0.05) is 0 Å². The van der Waals surface area contributed by atoms with Crippen LogP contribution in [-0.2, 0) is 13.0 Å². The molecule has 1 aliphatic heterocycles. The molecule has 0 atom stereocenters. The van der Waals surface area contributed by atoms with Crippen molar-refractivity contribution >= 4 is 5.69 Å². The Labute approximate surface area is 117 Å². The molecule has 1 aromatic heterocycles.